The molecular weight excluding hydrogens is 424 g/mol. The minimum atomic E-state index is -1.04. The van der Waals surface area contributed by atoms with Crippen molar-refractivity contribution in [2.24, 2.45) is 50.2 Å². The quantitative estimate of drug-likeness (QED) is 0.397. The largest absolute Gasteiger partial charge is 0.481 e. The van der Waals surface area contributed by atoms with Crippen molar-refractivity contribution in [3.63, 3.8) is 0 Å². The lowest BCUT2D eigenvalue weighted by molar-refractivity contribution is -0.218. The van der Waals surface area contributed by atoms with E-state index in [1.165, 1.54) is 5.57 Å². The van der Waals surface area contributed by atoms with Crippen molar-refractivity contribution in [2.75, 3.05) is 0 Å². The Kier molecular flexibility index (Phi) is 5.20. The van der Waals surface area contributed by atoms with Gasteiger partial charge >= 0.3 is 5.97 Å². The molecule has 0 spiro atoms. The van der Waals surface area contributed by atoms with Gasteiger partial charge in [0.25, 0.3) is 0 Å². The number of allylic oxidation sites excluding steroid dienone is 2. The van der Waals surface area contributed by atoms with Crippen LogP contribution in [0, 0.1) is 50.2 Å². The number of carboxylic acid groups (broad SMARTS) is 1. The predicted octanol–water partition coefficient (Wildman–Crippen LogP) is 6.20. The van der Waals surface area contributed by atoms with E-state index in [1.807, 2.05) is 0 Å². The van der Waals surface area contributed by atoms with E-state index < -0.39 is 17.5 Å². The summed E-state index contributed by atoms with van der Waals surface area (Å²) in [6.07, 6.45) is 9.35. The zero-order chi connectivity index (χ0) is 25.1. The lowest BCUT2D eigenvalue weighted by Gasteiger charge is -2.71. The third-order valence-electron chi connectivity index (χ3n) is 13.1. The molecule has 0 heterocycles. The van der Waals surface area contributed by atoms with Crippen LogP contribution in [0.2, 0.25) is 0 Å². The molecule has 192 valence electrons. The Morgan fingerprint density at radius 3 is 2.18 bits per heavy atom. The number of aliphatic hydroxyl groups is 2. The van der Waals surface area contributed by atoms with Gasteiger partial charge < -0.3 is 15.3 Å². The van der Waals surface area contributed by atoms with Gasteiger partial charge in [0.05, 0.1) is 12.2 Å². The molecule has 3 N–H and O–H groups in total. The van der Waals surface area contributed by atoms with Crippen LogP contribution in [0.3, 0.4) is 0 Å². The molecule has 9 atom stereocenters. The molecule has 4 heteroatoms. The number of hydrogen-bond donors (Lipinski definition) is 3. The first-order valence-corrected chi connectivity index (χ1v) is 13.9. The summed E-state index contributed by atoms with van der Waals surface area (Å²) >= 11 is 0. The molecule has 0 radical (unpaired) electrons. The first-order chi connectivity index (χ1) is 15.6. The van der Waals surface area contributed by atoms with Gasteiger partial charge in [-0.1, -0.05) is 60.1 Å². The highest BCUT2D eigenvalue weighted by Gasteiger charge is 2.71. The maximum atomic E-state index is 12.8. The first kappa shape index (κ1) is 24.8. The highest BCUT2D eigenvalue weighted by molar-refractivity contribution is 5.77. The second-order valence-electron chi connectivity index (χ2n) is 15.2. The van der Waals surface area contributed by atoms with Crippen LogP contribution in [-0.2, 0) is 4.79 Å². The van der Waals surface area contributed by atoms with Gasteiger partial charge in [0.2, 0.25) is 0 Å². The molecule has 5 aliphatic rings. The fraction of sp³-hybridized carbons (Fsp3) is 0.900. The molecule has 0 unspecified atom stereocenters. The number of rotatable bonds is 1. The molecule has 5 rings (SSSR count). The minimum absolute atomic E-state index is 0.0218. The number of fused-ring (bicyclic) bond motifs is 7. The topological polar surface area (TPSA) is 77.8 Å². The molecule has 0 aliphatic heterocycles. The molecule has 4 fully saturated rings. The first-order valence-electron chi connectivity index (χ1n) is 13.9. The van der Waals surface area contributed by atoms with E-state index in [4.69, 9.17) is 0 Å². The van der Waals surface area contributed by atoms with Crippen molar-refractivity contribution >= 4 is 5.97 Å². The third kappa shape index (κ3) is 2.82. The summed E-state index contributed by atoms with van der Waals surface area (Å²) in [6, 6.07) is 0. The van der Waals surface area contributed by atoms with Crippen LogP contribution in [-0.4, -0.2) is 33.5 Å². The standard InChI is InChI=1S/C30H48O4/c1-25(2)14-15-30(24(33)34)19(16-25)18-8-9-21-27(5)12-11-22(31)26(3,4)20(27)10-13-28(21,6)29(18,7)17-23(30)32/h8,19-23,31-32H,9-17H2,1-7H3,(H,33,34)/t19-,20+,21-,22-,23-,27-,28+,29+,30+/m0/s1. The van der Waals surface area contributed by atoms with E-state index in [1.54, 1.807) is 0 Å². The lowest BCUT2D eigenvalue weighted by Crippen LogP contribution is -2.67. The Morgan fingerprint density at radius 2 is 1.53 bits per heavy atom. The van der Waals surface area contributed by atoms with Gasteiger partial charge in [0.1, 0.15) is 5.41 Å². The van der Waals surface area contributed by atoms with Gasteiger partial charge in [0.15, 0.2) is 0 Å². The highest BCUT2D eigenvalue weighted by Crippen LogP contribution is 2.75. The fourth-order valence-corrected chi connectivity index (χ4v) is 10.7. The fourth-order valence-electron chi connectivity index (χ4n) is 10.7. The predicted molar refractivity (Wildman–Crippen MR) is 134 cm³/mol. The van der Waals surface area contributed by atoms with E-state index >= 15 is 0 Å². The number of hydrogen-bond acceptors (Lipinski definition) is 3. The Balaban J connectivity index is 1.63. The molecule has 4 nitrogen and oxygen atoms in total. The van der Waals surface area contributed by atoms with Crippen LogP contribution in [0.4, 0.5) is 0 Å². The van der Waals surface area contributed by atoms with Crippen molar-refractivity contribution < 1.29 is 20.1 Å². The molecule has 34 heavy (non-hydrogen) atoms. The van der Waals surface area contributed by atoms with E-state index in [0.717, 1.165) is 44.9 Å². The van der Waals surface area contributed by atoms with Crippen molar-refractivity contribution in [1.82, 2.24) is 0 Å². The molecule has 0 aromatic rings. The van der Waals surface area contributed by atoms with Gasteiger partial charge in [-0.3, -0.25) is 4.79 Å². The smallest absolute Gasteiger partial charge is 0.312 e. The number of carbonyl (C=O) groups is 1. The van der Waals surface area contributed by atoms with Crippen molar-refractivity contribution in [3.8, 4) is 0 Å². The molecule has 4 saturated carbocycles. The van der Waals surface area contributed by atoms with Crippen LogP contribution in [0.25, 0.3) is 0 Å². The second-order valence-corrected chi connectivity index (χ2v) is 15.2. The highest BCUT2D eigenvalue weighted by atomic mass is 16.4. The maximum Gasteiger partial charge on any atom is 0.312 e. The monoisotopic (exact) mass is 472 g/mol. The summed E-state index contributed by atoms with van der Waals surface area (Å²) in [5, 5.41) is 33.1. The maximum absolute atomic E-state index is 12.8. The Bertz CT molecular complexity index is 919. The average molecular weight is 473 g/mol. The van der Waals surface area contributed by atoms with Crippen LogP contribution in [0.5, 0.6) is 0 Å². The number of aliphatic hydroxyl groups excluding tert-OH is 2. The molecular formula is C30H48O4. The van der Waals surface area contributed by atoms with E-state index in [-0.39, 0.29) is 39.1 Å². The normalized spacial score (nSPS) is 53.4. The van der Waals surface area contributed by atoms with Gasteiger partial charge in [-0.15, -0.1) is 0 Å². The molecule has 0 amide bonds. The Labute approximate surface area is 206 Å². The lowest BCUT2D eigenvalue weighted by atomic mass is 9.33. The van der Waals surface area contributed by atoms with Crippen molar-refractivity contribution in [1.29, 1.82) is 0 Å². The van der Waals surface area contributed by atoms with Gasteiger partial charge in [-0.2, -0.15) is 0 Å². The molecule has 5 aliphatic carbocycles. The zero-order valence-corrected chi connectivity index (χ0v) is 22.6. The Morgan fingerprint density at radius 1 is 0.853 bits per heavy atom. The summed E-state index contributed by atoms with van der Waals surface area (Å²) in [7, 11) is 0. The van der Waals surface area contributed by atoms with Gasteiger partial charge in [-0.05, 0) is 103 Å². The summed E-state index contributed by atoms with van der Waals surface area (Å²) < 4.78 is 0. The van der Waals surface area contributed by atoms with Gasteiger partial charge in [0, 0.05) is 0 Å². The Hall–Kier alpha value is -0.870. The third-order valence-corrected chi connectivity index (χ3v) is 13.1. The van der Waals surface area contributed by atoms with E-state index in [2.05, 4.69) is 54.5 Å². The zero-order valence-electron chi connectivity index (χ0n) is 22.6. The average Bonchev–Trinajstić information content (AvgIpc) is 2.71. The molecule has 0 bridgehead atoms. The number of carboxylic acids is 1. The number of aliphatic carboxylic acids is 1. The van der Waals surface area contributed by atoms with Crippen molar-refractivity contribution in [3.05, 3.63) is 11.6 Å². The summed E-state index contributed by atoms with van der Waals surface area (Å²) in [5.41, 5.74) is 0.295. The van der Waals surface area contributed by atoms with Crippen LogP contribution in [0.15, 0.2) is 11.6 Å². The summed E-state index contributed by atoms with van der Waals surface area (Å²) in [6.45, 7) is 16.4. The van der Waals surface area contributed by atoms with E-state index in [9.17, 15) is 20.1 Å². The molecule has 0 saturated heterocycles. The SMILES string of the molecule is CC1(C)CC[C@]2(C(=O)O)[C@@H](O)C[C@]3(C)C(=CC[C@H]4[C@@]5(C)CC[C@H](O)C(C)(C)[C@H]5CC[C@]43C)[C@@H]2C1. The minimum Gasteiger partial charge on any atom is -0.481 e. The second kappa shape index (κ2) is 7.12. The van der Waals surface area contributed by atoms with Crippen molar-refractivity contribution in [2.45, 2.75) is 118 Å². The van der Waals surface area contributed by atoms with Crippen LogP contribution in [0.1, 0.15) is 106 Å². The molecule has 0 aromatic carbocycles. The summed E-state index contributed by atoms with van der Waals surface area (Å²) in [5.74, 6) is 0.0888. The van der Waals surface area contributed by atoms with Crippen LogP contribution >= 0.6 is 0 Å². The van der Waals surface area contributed by atoms with E-state index in [0.29, 0.717) is 24.7 Å². The van der Waals surface area contributed by atoms with Crippen LogP contribution < -0.4 is 0 Å². The van der Waals surface area contributed by atoms with Gasteiger partial charge in [-0.25, -0.2) is 0 Å². The summed E-state index contributed by atoms with van der Waals surface area (Å²) in [4.78, 5) is 12.8. The molecule has 0 aromatic heterocycles.